The quantitative estimate of drug-likeness (QED) is 0.664. The second kappa shape index (κ2) is 9.98. The number of rotatable bonds is 7. The first-order valence-corrected chi connectivity index (χ1v) is 10.2. The fraction of sp³-hybridized carbons (Fsp3) is 0.619. The van der Waals surface area contributed by atoms with Crippen LogP contribution in [0.2, 0.25) is 0 Å². The molecule has 1 aromatic rings. The summed E-state index contributed by atoms with van der Waals surface area (Å²) in [6.45, 7) is 0.284. The van der Waals surface area contributed by atoms with Crippen molar-refractivity contribution in [3.05, 3.63) is 35.6 Å². The highest BCUT2D eigenvalue weighted by Gasteiger charge is 2.33. The molecule has 2 aliphatic rings. The molecule has 1 aliphatic heterocycles. The molecule has 2 fully saturated rings. The Bertz CT molecular complexity index is 661. The van der Waals surface area contributed by atoms with Gasteiger partial charge in [0.25, 0.3) is 5.91 Å². The van der Waals surface area contributed by atoms with Gasteiger partial charge in [-0.2, -0.15) is 0 Å². The molecular formula is C21H29FN2O4. The predicted molar refractivity (Wildman–Crippen MR) is 102 cm³/mol. The summed E-state index contributed by atoms with van der Waals surface area (Å²) < 4.78 is 18.9. The van der Waals surface area contributed by atoms with E-state index >= 15 is 0 Å². The molecule has 0 unspecified atom stereocenters. The molecule has 7 heteroatoms. The SMILES string of the molecule is O=C(NCC[C@@H]1CC[C@@H](NC(=O)C2CCCC2)[C@H](CO)O1)c1ccc(F)cc1. The van der Waals surface area contributed by atoms with Gasteiger partial charge in [-0.05, 0) is 56.4 Å². The Morgan fingerprint density at radius 1 is 1.11 bits per heavy atom. The number of carbonyl (C=O) groups excluding carboxylic acids is 2. The minimum atomic E-state index is -0.420. The maximum atomic E-state index is 12.9. The third kappa shape index (κ3) is 5.52. The van der Waals surface area contributed by atoms with Crippen LogP contribution in [0.15, 0.2) is 24.3 Å². The van der Waals surface area contributed by atoms with Gasteiger partial charge in [-0.3, -0.25) is 9.59 Å². The Balaban J connectivity index is 1.41. The van der Waals surface area contributed by atoms with E-state index in [2.05, 4.69) is 10.6 Å². The average molecular weight is 392 g/mol. The van der Waals surface area contributed by atoms with E-state index in [9.17, 15) is 19.1 Å². The van der Waals surface area contributed by atoms with E-state index in [-0.39, 0.29) is 42.3 Å². The highest BCUT2D eigenvalue weighted by Crippen LogP contribution is 2.26. The molecule has 1 saturated carbocycles. The lowest BCUT2D eigenvalue weighted by molar-refractivity contribution is -0.131. The fourth-order valence-corrected chi connectivity index (χ4v) is 4.05. The molecule has 3 N–H and O–H groups in total. The maximum absolute atomic E-state index is 12.9. The van der Waals surface area contributed by atoms with Crippen molar-refractivity contribution in [1.82, 2.24) is 10.6 Å². The first kappa shape index (κ1) is 20.7. The zero-order chi connectivity index (χ0) is 19.9. The van der Waals surface area contributed by atoms with Gasteiger partial charge in [0.15, 0.2) is 0 Å². The fourth-order valence-electron chi connectivity index (χ4n) is 4.05. The van der Waals surface area contributed by atoms with Gasteiger partial charge in [-0.15, -0.1) is 0 Å². The number of hydrogen-bond acceptors (Lipinski definition) is 4. The van der Waals surface area contributed by atoms with E-state index in [1.807, 2.05) is 0 Å². The summed E-state index contributed by atoms with van der Waals surface area (Å²) in [5, 5.41) is 15.5. The van der Waals surface area contributed by atoms with E-state index in [1.165, 1.54) is 24.3 Å². The first-order valence-electron chi connectivity index (χ1n) is 10.2. The summed E-state index contributed by atoms with van der Waals surface area (Å²) in [6.07, 6.45) is 5.73. The van der Waals surface area contributed by atoms with Gasteiger partial charge in [0.05, 0.1) is 18.8 Å². The molecule has 1 aromatic carbocycles. The molecule has 154 valence electrons. The van der Waals surface area contributed by atoms with E-state index in [1.54, 1.807) is 0 Å². The zero-order valence-corrected chi connectivity index (χ0v) is 16.0. The van der Waals surface area contributed by atoms with Crippen molar-refractivity contribution in [2.24, 2.45) is 5.92 Å². The number of aliphatic hydroxyl groups is 1. The predicted octanol–water partition coefficient (Wildman–Crippen LogP) is 2.16. The number of benzene rings is 1. The number of aliphatic hydroxyl groups excluding tert-OH is 1. The molecule has 0 spiro atoms. The van der Waals surface area contributed by atoms with Crippen LogP contribution in [0.5, 0.6) is 0 Å². The van der Waals surface area contributed by atoms with Crippen molar-refractivity contribution in [3.8, 4) is 0 Å². The van der Waals surface area contributed by atoms with Crippen molar-refractivity contribution in [2.75, 3.05) is 13.2 Å². The molecule has 1 saturated heterocycles. The molecule has 0 aromatic heterocycles. The van der Waals surface area contributed by atoms with Crippen LogP contribution in [-0.4, -0.2) is 48.3 Å². The molecule has 28 heavy (non-hydrogen) atoms. The molecule has 6 nitrogen and oxygen atoms in total. The number of halogens is 1. The van der Waals surface area contributed by atoms with Crippen molar-refractivity contribution in [2.45, 2.75) is 63.2 Å². The number of carbonyl (C=O) groups is 2. The number of ether oxygens (including phenoxy) is 1. The minimum absolute atomic E-state index is 0.0783. The standard InChI is InChI=1S/C21H29FN2O4/c22-16-7-5-15(6-8-16)20(26)23-12-11-17-9-10-18(19(13-25)28-17)24-21(27)14-3-1-2-4-14/h5-8,14,17-19,25H,1-4,9-13H2,(H,23,26)(H,24,27)/t17-,18+,19-/m0/s1. The largest absolute Gasteiger partial charge is 0.394 e. The van der Waals surface area contributed by atoms with Gasteiger partial charge in [0.1, 0.15) is 11.9 Å². The zero-order valence-electron chi connectivity index (χ0n) is 16.0. The van der Waals surface area contributed by atoms with Crippen molar-refractivity contribution in [1.29, 1.82) is 0 Å². The summed E-state index contributed by atoms with van der Waals surface area (Å²) in [7, 11) is 0. The smallest absolute Gasteiger partial charge is 0.251 e. The lowest BCUT2D eigenvalue weighted by atomic mass is 9.96. The Morgan fingerprint density at radius 2 is 1.82 bits per heavy atom. The Hall–Kier alpha value is -1.99. The molecular weight excluding hydrogens is 363 g/mol. The number of amides is 2. The van der Waals surface area contributed by atoms with E-state index in [0.29, 0.717) is 18.5 Å². The second-order valence-corrected chi connectivity index (χ2v) is 7.70. The third-order valence-corrected chi connectivity index (χ3v) is 5.71. The van der Waals surface area contributed by atoms with Crippen LogP contribution in [0.1, 0.15) is 55.3 Å². The highest BCUT2D eigenvalue weighted by atomic mass is 19.1. The van der Waals surface area contributed by atoms with Gasteiger partial charge in [0, 0.05) is 18.0 Å². The van der Waals surface area contributed by atoms with Crippen LogP contribution >= 0.6 is 0 Å². The van der Waals surface area contributed by atoms with E-state index in [4.69, 9.17) is 4.74 Å². The first-order chi connectivity index (χ1) is 13.6. The van der Waals surface area contributed by atoms with Crippen LogP contribution in [0.25, 0.3) is 0 Å². The Morgan fingerprint density at radius 3 is 2.50 bits per heavy atom. The van der Waals surface area contributed by atoms with E-state index < -0.39 is 6.10 Å². The average Bonchev–Trinajstić information content (AvgIpc) is 3.24. The molecule has 1 heterocycles. The summed E-state index contributed by atoms with van der Waals surface area (Å²) in [4.78, 5) is 24.4. The number of nitrogens with one attached hydrogen (secondary N) is 2. The minimum Gasteiger partial charge on any atom is -0.394 e. The van der Waals surface area contributed by atoms with Gasteiger partial charge in [-0.1, -0.05) is 12.8 Å². The van der Waals surface area contributed by atoms with Crippen LogP contribution in [0.4, 0.5) is 4.39 Å². The summed E-state index contributed by atoms with van der Waals surface area (Å²) in [6, 6.07) is 5.24. The Kier molecular flexibility index (Phi) is 7.39. The van der Waals surface area contributed by atoms with Gasteiger partial charge in [-0.25, -0.2) is 4.39 Å². The molecule has 0 bridgehead atoms. The van der Waals surface area contributed by atoms with Crippen LogP contribution in [0, 0.1) is 11.7 Å². The van der Waals surface area contributed by atoms with Crippen LogP contribution in [-0.2, 0) is 9.53 Å². The molecule has 0 radical (unpaired) electrons. The lowest BCUT2D eigenvalue weighted by Crippen LogP contribution is -2.52. The van der Waals surface area contributed by atoms with Crippen molar-refractivity contribution >= 4 is 11.8 Å². The maximum Gasteiger partial charge on any atom is 0.251 e. The summed E-state index contributed by atoms with van der Waals surface area (Å²) >= 11 is 0. The van der Waals surface area contributed by atoms with Crippen molar-refractivity contribution in [3.63, 3.8) is 0 Å². The normalized spacial score (nSPS) is 25.4. The third-order valence-electron chi connectivity index (χ3n) is 5.71. The number of hydrogen-bond donors (Lipinski definition) is 3. The van der Waals surface area contributed by atoms with Crippen LogP contribution < -0.4 is 10.6 Å². The van der Waals surface area contributed by atoms with Gasteiger partial charge < -0.3 is 20.5 Å². The van der Waals surface area contributed by atoms with Gasteiger partial charge >= 0.3 is 0 Å². The highest BCUT2D eigenvalue weighted by molar-refractivity contribution is 5.94. The van der Waals surface area contributed by atoms with Crippen LogP contribution in [0.3, 0.4) is 0 Å². The second-order valence-electron chi connectivity index (χ2n) is 7.70. The Labute approximate surface area is 164 Å². The summed E-state index contributed by atoms with van der Waals surface area (Å²) in [5.41, 5.74) is 0.411. The molecule has 2 amide bonds. The monoisotopic (exact) mass is 392 g/mol. The van der Waals surface area contributed by atoms with Crippen molar-refractivity contribution < 1.29 is 23.8 Å². The molecule has 1 aliphatic carbocycles. The van der Waals surface area contributed by atoms with Gasteiger partial charge in [0.2, 0.25) is 5.91 Å². The summed E-state index contributed by atoms with van der Waals surface area (Å²) in [5.74, 6) is -0.457. The topological polar surface area (TPSA) is 87.7 Å². The van der Waals surface area contributed by atoms with E-state index in [0.717, 1.165) is 38.5 Å². The molecule has 3 rings (SSSR count). The lowest BCUT2D eigenvalue weighted by Gasteiger charge is -2.36. The molecule has 3 atom stereocenters.